The summed E-state index contributed by atoms with van der Waals surface area (Å²) in [6.45, 7) is 3.32. The van der Waals surface area contributed by atoms with E-state index in [1.165, 1.54) is 0 Å². The molecule has 16 heteroatoms. The zero-order valence-corrected chi connectivity index (χ0v) is 25.3. The van der Waals surface area contributed by atoms with Crippen LogP contribution in [0.5, 0.6) is 0 Å². The fourth-order valence-corrected chi connectivity index (χ4v) is 10.3. The monoisotopic (exact) mass is 624 g/mol. The first-order valence-corrected chi connectivity index (χ1v) is 17.2. The first kappa shape index (κ1) is 29.5. The number of hydrogen-bond donors (Lipinski definition) is 8. The lowest BCUT2D eigenvalue weighted by Crippen LogP contribution is -2.77. The molecule has 0 spiro atoms. The molecule has 6 heterocycles. The number of rotatable bonds is 7. The van der Waals surface area contributed by atoms with E-state index in [0.717, 1.165) is 50.9 Å². The minimum absolute atomic E-state index is 0.0459. The van der Waals surface area contributed by atoms with E-state index in [1.807, 2.05) is 5.01 Å². The van der Waals surface area contributed by atoms with Crippen LogP contribution in [0.25, 0.3) is 0 Å². The van der Waals surface area contributed by atoms with Crippen molar-refractivity contribution in [3.8, 4) is 0 Å². The highest BCUT2D eigenvalue weighted by atomic mass is 32.2. The van der Waals surface area contributed by atoms with Gasteiger partial charge in [-0.05, 0) is 19.3 Å². The summed E-state index contributed by atoms with van der Waals surface area (Å²) in [7, 11) is 0. The number of ketones is 1. The maximum Gasteiger partial charge on any atom is 0.226 e. The molecule has 14 nitrogen and oxygen atoms in total. The van der Waals surface area contributed by atoms with Crippen LogP contribution in [0, 0.1) is 11.8 Å². The van der Waals surface area contributed by atoms with E-state index in [1.54, 1.807) is 29.8 Å². The molecule has 11 atom stereocenters. The summed E-state index contributed by atoms with van der Waals surface area (Å²) in [5.41, 5.74) is 15.8. The molecule has 1 aliphatic carbocycles. The molecule has 0 aromatic carbocycles. The van der Waals surface area contributed by atoms with Crippen LogP contribution in [0.1, 0.15) is 32.1 Å². The third-order valence-electron chi connectivity index (χ3n) is 9.71. The second-order valence-electron chi connectivity index (χ2n) is 12.3. The Bertz CT molecular complexity index is 1050. The summed E-state index contributed by atoms with van der Waals surface area (Å²) in [6, 6.07) is 0.293. The molecule has 7 rings (SSSR count). The van der Waals surface area contributed by atoms with Crippen molar-refractivity contribution >= 4 is 35.4 Å². The average Bonchev–Trinajstić information content (AvgIpc) is 3.75. The third-order valence-corrected chi connectivity index (χ3v) is 12.4. The normalized spacial score (nSPS) is 44.4. The van der Waals surface area contributed by atoms with Crippen molar-refractivity contribution in [2.45, 2.75) is 85.6 Å². The molecule has 0 aromatic rings. The van der Waals surface area contributed by atoms with Gasteiger partial charge >= 0.3 is 0 Å². The van der Waals surface area contributed by atoms with Gasteiger partial charge in [0.2, 0.25) is 5.91 Å². The summed E-state index contributed by atoms with van der Waals surface area (Å²) in [5, 5.41) is 16.6. The standard InChI is InChI=1S/C26H44N10O4S2/c27-14-3-1-2-4-15(14)31-26-33-24(20(23(28)38)25-29-12-30-36(25)26)32-18-10-17(42-34-18)13-11-41-22-16(37)9-19(40-21(13)22)35-5-7-39-8-6-35/h9,13-15,17-18,20-22,24-26,29-34H,1-8,10-12,27H2,(H2,28,38)/t13?,14-,15+,17?,18?,20?,21?,22?,24?,25?,26?/m1/s1. The van der Waals surface area contributed by atoms with Gasteiger partial charge in [-0.15, -0.1) is 11.8 Å². The predicted molar refractivity (Wildman–Crippen MR) is 160 cm³/mol. The topological polar surface area (TPSA) is 183 Å². The number of carbonyl (C=O) groups is 2. The van der Waals surface area contributed by atoms with E-state index in [-0.39, 0.29) is 71.1 Å². The number of amides is 1. The predicted octanol–water partition coefficient (Wildman–Crippen LogP) is -2.35. The summed E-state index contributed by atoms with van der Waals surface area (Å²) in [6.07, 6.45) is 5.83. The molecule has 1 saturated carbocycles. The van der Waals surface area contributed by atoms with Crippen molar-refractivity contribution in [3.63, 3.8) is 0 Å². The van der Waals surface area contributed by atoms with Crippen LogP contribution in [0.3, 0.4) is 0 Å². The average molecular weight is 625 g/mol. The Morgan fingerprint density at radius 1 is 1.17 bits per heavy atom. The molecule has 1 amide bonds. The van der Waals surface area contributed by atoms with Gasteiger partial charge in [0.05, 0.1) is 44.3 Å². The van der Waals surface area contributed by atoms with Crippen LogP contribution < -0.4 is 42.9 Å². The molecular weight excluding hydrogens is 580 g/mol. The summed E-state index contributed by atoms with van der Waals surface area (Å²) >= 11 is 3.41. The van der Waals surface area contributed by atoms with Crippen LogP contribution in [0.4, 0.5) is 0 Å². The maximum atomic E-state index is 13.1. The van der Waals surface area contributed by atoms with E-state index in [0.29, 0.717) is 25.8 Å². The Morgan fingerprint density at radius 3 is 2.81 bits per heavy atom. The molecule has 7 aliphatic rings. The molecule has 6 fully saturated rings. The minimum Gasteiger partial charge on any atom is -0.474 e. The molecule has 10 N–H and O–H groups in total. The third kappa shape index (κ3) is 5.80. The van der Waals surface area contributed by atoms with E-state index < -0.39 is 5.92 Å². The number of morpholine rings is 1. The number of hydrogen-bond acceptors (Lipinski definition) is 15. The van der Waals surface area contributed by atoms with Crippen LogP contribution in [-0.4, -0.2) is 114 Å². The number of allylic oxidation sites excluding steroid dienone is 1. The van der Waals surface area contributed by atoms with Crippen molar-refractivity contribution in [1.29, 1.82) is 0 Å². The lowest BCUT2D eigenvalue weighted by molar-refractivity contribution is -0.132. The summed E-state index contributed by atoms with van der Waals surface area (Å²) in [5.74, 6) is 1.08. The zero-order valence-electron chi connectivity index (χ0n) is 23.7. The van der Waals surface area contributed by atoms with E-state index in [2.05, 4.69) is 36.3 Å². The molecular formula is C26H44N10O4S2. The number of nitrogens with zero attached hydrogens (tertiary/aromatic N) is 2. The van der Waals surface area contributed by atoms with Crippen LogP contribution in [0.15, 0.2) is 12.0 Å². The molecule has 0 radical (unpaired) electrons. The highest BCUT2D eigenvalue weighted by Gasteiger charge is 2.52. The van der Waals surface area contributed by atoms with Crippen LogP contribution in [0.2, 0.25) is 0 Å². The molecule has 6 aliphatic heterocycles. The van der Waals surface area contributed by atoms with Gasteiger partial charge in [0.1, 0.15) is 17.6 Å². The second kappa shape index (κ2) is 12.7. The van der Waals surface area contributed by atoms with Crippen molar-refractivity contribution in [2.75, 3.05) is 38.7 Å². The minimum atomic E-state index is -0.504. The smallest absolute Gasteiger partial charge is 0.226 e. The maximum absolute atomic E-state index is 13.1. The first-order valence-electron chi connectivity index (χ1n) is 15.3. The molecule has 42 heavy (non-hydrogen) atoms. The first-order chi connectivity index (χ1) is 20.5. The quantitative estimate of drug-likeness (QED) is 0.141. The Labute approximate surface area is 255 Å². The van der Waals surface area contributed by atoms with Gasteiger partial charge in [0, 0.05) is 48.2 Å². The fourth-order valence-electron chi connectivity index (χ4n) is 7.44. The SMILES string of the molecule is NC(=O)C1C(NC2CC(C3CSC4C(=O)C=C(N5CCOCC5)OC43)SN2)NC(N[C@H]2CCCC[C@H]2N)N2NCNC12. The van der Waals surface area contributed by atoms with Crippen molar-refractivity contribution in [2.24, 2.45) is 23.3 Å². The number of carbonyl (C=O) groups excluding carboxylic acids is 2. The van der Waals surface area contributed by atoms with E-state index >= 15 is 0 Å². The van der Waals surface area contributed by atoms with Gasteiger partial charge in [-0.2, -0.15) is 5.01 Å². The number of nitrogens with one attached hydrogen (secondary N) is 6. The Balaban J connectivity index is 1.01. The van der Waals surface area contributed by atoms with Gasteiger partial charge in [-0.1, -0.05) is 24.8 Å². The Morgan fingerprint density at radius 2 is 2.00 bits per heavy atom. The number of hydrazine groups is 1. The van der Waals surface area contributed by atoms with Gasteiger partial charge < -0.3 is 25.8 Å². The van der Waals surface area contributed by atoms with Gasteiger partial charge in [-0.25, -0.2) is 10.1 Å². The molecule has 0 bridgehead atoms. The van der Waals surface area contributed by atoms with Crippen molar-refractivity contribution in [1.82, 2.24) is 41.3 Å². The Hall–Kier alpha value is -1.18. The van der Waals surface area contributed by atoms with Crippen molar-refractivity contribution in [3.05, 3.63) is 12.0 Å². The number of fused-ring (bicyclic) bond motifs is 2. The zero-order chi connectivity index (χ0) is 28.8. The van der Waals surface area contributed by atoms with Crippen molar-refractivity contribution < 1.29 is 19.1 Å². The fraction of sp³-hybridized carbons (Fsp3) is 0.846. The molecule has 0 aromatic heterocycles. The van der Waals surface area contributed by atoms with Crippen LogP contribution >= 0.6 is 23.7 Å². The summed E-state index contributed by atoms with van der Waals surface area (Å²) < 4.78 is 15.6. The lowest BCUT2D eigenvalue weighted by atomic mass is 9.90. The number of nitrogens with two attached hydrogens (primary N) is 2. The number of thioether (sulfide) groups is 1. The van der Waals surface area contributed by atoms with E-state index in [4.69, 9.17) is 20.9 Å². The Kier molecular flexibility index (Phi) is 8.91. The molecule has 5 saturated heterocycles. The highest BCUT2D eigenvalue weighted by Crippen LogP contribution is 2.45. The molecule has 234 valence electrons. The second-order valence-corrected chi connectivity index (χ2v) is 14.6. The van der Waals surface area contributed by atoms with Crippen LogP contribution in [-0.2, 0) is 19.1 Å². The highest BCUT2D eigenvalue weighted by molar-refractivity contribution is 8.01. The lowest BCUT2D eigenvalue weighted by Gasteiger charge is -2.48. The van der Waals surface area contributed by atoms with Gasteiger partial charge in [0.25, 0.3) is 0 Å². The number of ether oxygens (including phenoxy) is 2. The number of primary amides is 1. The summed E-state index contributed by atoms with van der Waals surface area (Å²) in [4.78, 5) is 27.9. The largest absolute Gasteiger partial charge is 0.474 e. The van der Waals surface area contributed by atoms with Gasteiger partial charge in [-0.3, -0.25) is 30.9 Å². The molecule has 9 unspecified atom stereocenters. The van der Waals surface area contributed by atoms with E-state index in [9.17, 15) is 9.59 Å². The van der Waals surface area contributed by atoms with Gasteiger partial charge in [0.15, 0.2) is 11.7 Å².